The molecule has 0 N–H and O–H groups in total. The molecule has 23 heavy (non-hydrogen) atoms. The zero-order valence-electron chi connectivity index (χ0n) is 13.1. The summed E-state index contributed by atoms with van der Waals surface area (Å²) in [5.41, 5.74) is 5.24. The first-order chi connectivity index (χ1) is 11.3. The molecule has 1 aliphatic rings. The Bertz CT molecular complexity index is 895. The van der Waals surface area contributed by atoms with Crippen molar-refractivity contribution in [1.29, 1.82) is 0 Å². The summed E-state index contributed by atoms with van der Waals surface area (Å²) in [6.07, 6.45) is 1.23. The molecule has 2 heteroatoms. The Morgan fingerprint density at radius 2 is 1.61 bits per heavy atom. The van der Waals surface area contributed by atoms with Crippen LogP contribution in [0.1, 0.15) is 29.9 Å². The largest absolute Gasteiger partial charge is 0.469 e. The molecule has 0 heterocycles. The summed E-state index contributed by atoms with van der Waals surface area (Å²) in [5, 5.41) is 2.51. The van der Waals surface area contributed by atoms with E-state index >= 15 is 0 Å². The SMILES string of the molecule is COC(=O)CCC1c2ccccc2-c2cc3ccccc3cc21. The lowest BCUT2D eigenvalue weighted by molar-refractivity contribution is -0.140. The Labute approximate surface area is 135 Å². The predicted octanol–water partition coefficient (Wildman–Crippen LogP) is 4.91. The lowest BCUT2D eigenvalue weighted by Gasteiger charge is -2.13. The second-order valence-corrected chi connectivity index (χ2v) is 6.04. The molecule has 0 fully saturated rings. The van der Waals surface area contributed by atoms with E-state index in [0.29, 0.717) is 6.42 Å². The van der Waals surface area contributed by atoms with Crippen LogP contribution < -0.4 is 0 Å². The van der Waals surface area contributed by atoms with E-state index in [4.69, 9.17) is 4.74 Å². The van der Waals surface area contributed by atoms with Crippen molar-refractivity contribution in [1.82, 2.24) is 0 Å². The van der Waals surface area contributed by atoms with Gasteiger partial charge < -0.3 is 4.74 Å². The first-order valence-electron chi connectivity index (χ1n) is 7.97. The summed E-state index contributed by atoms with van der Waals surface area (Å²) in [6, 6.07) is 21.5. The van der Waals surface area contributed by atoms with Gasteiger partial charge in [-0.2, -0.15) is 0 Å². The van der Waals surface area contributed by atoms with Crippen LogP contribution in [0, 0.1) is 0 Å². The molecule has 0 aliphatic heterocycles. The highest BCUT2D eigenvalue weighted by molar-refractivity contribution is 5.92. The maximum atomic E-state index is 11.6. The second kappa shape index (κ2) is 5.54. The zero-order chi connectivity index (χ0) is 15.8. The molecule has 1 atom stereocenters. The number of carbonyl (C=O) groups excluding carboxylic acids is 1. The predicted molar refractivity (Wildman–Crippen MR) is 92.5 cm³/mol. The van der Waals surface area contributed by atoms with Crippen LogP contribution in [-0.2, 0) is 9.53 Å². The topological polar surface area (TPSA) is 26.3 Å². The molecule has 0 bridgehead atoms. The molecule has 0 saturated heterocycles. The molecule has 3 aromatic carbocycles. The van der Waals surface area contributed by atoms with Crippen LogP contribution in [0.25, 0.3) is 21.9 Å². The van der Waals surface area contributed by atoms with Gasteiger partial charge in [0.2, 0.25) is 0 Å². The summed E-state index contributed by atoms with van der Waals surface area (Å²) >= 11 is 0. The highest BCUT2D eigenvalue weighted by Crippen LogP contribution is 2.48. The van der Waals surface area contributed by atoms with Crippen LogP contribution in [0.2, 0.25) is 0 Å². The molecule has 0 radical (unpaired) electrons. The van der Waals surface area contributed by atoms with Crippen LogP contribution in [0.15, 0.2) is 60.7 Å². The molecule has 0 aromatic heterocycles. The minimum absolute atomic E-state index is 0.142. The van der Waals surface area contributed by atoms with Gasteiger partial charge in [-0.05, 0) is 51.6 Å². The summed E-state index contributed by atoms with van der Waals surface area (Å²) < 4.78 is 4.82. The van der Waals surface area contributed by atoms with Crippen molar-refractivity contribution in [3.63, 3.8) is 0 Å². The smallest absolute Gasteiger partial charge is 0.305 e. The van der Waals surface area contributed by atoms with Gasteiger partial charge in [-0.1, -0.05) is 48.5 Å². The third-order valence-electron chi connectivity index (χ3n) is 4.78. The molecule has 3 aromatic rings. The van der Waals surface area contributed by atoms with Gasteiger partial charge in [0.25, 0.3) is 0 Å². The molecular weight excluding hydrogens is 284 g/mol. The quantitative estimate of drug-likeness (QED) is 0.643. The van der Waals surface area contributed by atoms with Crippen LogP contribution >= 0.6 is 0 Å². The van der Waals surface area contributed by atoms with Gasteiger partial charge in [-0.25, -0.2) is 0 Å². The lowest BCUT2D eigenvalue weighted by atomic mass is 9.91. The normalized spacial score (nSPS) is 15.3. The van der Waals surface area contributed by atoms with Crippen molar-refractivity contribution in [2.45, 2.75) is 18.8 Å². The molecule has 0 spiro atoms. The number of hydrogen-bond acceptors (Lipinski definition) is 2. The van der Waals surface area contributed by atoms with Crippen molar-refractivity contribution >= 4 is 16.7 Å². The van der Waals surface area contributed by atoms with Crippen LogP contribution in [-0.4, -0.2) is 13.1 Å². The van der Waals surface area contributed by atoms with Gasteiger partial charge in [0, 0.05) is 12.3 Å². The van der Waals surface area contributed by atoms with Gasteiger partial charge in [-0.15, -0.1) is 0 Å². The molecule has 4 rings (SSSR count). The third-order valence-corrected chi connectivity index (χ3v) is 4.78. The van der Waals surface area contributed by atoms with E-state index in [9.17, 15) is 4.79 Å². The Morgan fingerprint density at radius 3 is 2.39 bits per heavy atom. The Morgan fingerprint density at radius 1 is 0.913 bits per heavy atom. The monoisotopic (exact) mass is 302 g/mol. The standard InChI is InChI=1S/C21H18O2/c1-23-21(22)11-10-18-16-8-4-5-9-17(16)19-12-14-6-2-3-7-15(14)13-20(18)19/h2-9,12-13,18H,10-11H2,1H3. The first-order valence-corrected chi connectivity index (χ1v) is 7.97. The highest BCUT2D eigenvalue weighted by atomic mass is 16.5. The average molecular weight is 302 g/mol. The fourth-order valence-electron chi connectivity index (χ4n) is 3.67. The molecule has 114 valence electrons. The molecule has 1 aliphatic carbocycles. The Hall–Kier alpha value is -2.61. The summed E-state index contributed by atoms with van der Waals surface area (Å²) in [4.78, 5) is 11.6. The van der Waals surface area contributed by atoms with E-state index < -0.39 is 0 Å². The van der Waals surface area contributed by atoms with Gasteiger partial charge in [0.15, 0.2) is 0 Å². The fraction of sp³-hybridized carbons (Fsp3) is 0.190. The zero-order valence-corrected chi connectivity index (χ0v) is 13.1. The van der Waals surface area contributed by atoms with Crippen LogP contribution in [0.5, 0.6) is 0 Å². The first kappa shape index (κ1) is 14.0. The highest BCUT2D eigenvalue weighted by Gasteiger charge is 2.29. The van der Waals surface area contributed by atoms with E-state index in [1.165, 1.54) is 40.1 Å². The van der Waals surface area contributed by atoms with Gasteiger partial charge in [0.1, 0.15) is 0 Å². The number of methoxy groups -OCH3 is 1. The van der Waals surface area contributed by atoms with E-state index in [-0.39, 0.29) is 11.9 Å². The lowest BCUT2D eigenvalue weighted by Crippen LogP contribution is -2.04. The molecule has 0 amide bonds. The number of hydrogen-bond donors (Lipinski definition) is 0. The van der Waals surface area contributed by atoms with Gasteiger partial charge in [0.05, 0.1) is 7.11 Å². The minimum Gasteiger partial charge on any atom is -0.469 e. The molecule has 1 unspecified atom stereocenters. The summed E-state index contributed by atoms with van der Waals surface area (Å²) in [7, 11) is 1.45. The van der Waals surface area contributed by atoms with E-state index in [1.807, 2.05) is 0 Å². The second-order valence-electron chi connectivity index (χ2n) is 6.04. The average Bonchev–Trinajstić information content (AvgIpc) is 2.90. The van der Waals surface area contributed by atoms with E-state index in [1.54, 1.807) is 0 Å². The Kier molecular flexibility index (Phi) is 3.38. The summed E-state index contributed by atoms with van der Waals surface area (Å²) in [6.45, 7) is 0. The maximum absolute atomic E-state index is 11.6. The van der Waals surface area contributed by atoms with Gasteiger partial charge >= 0.3 is 5.97 Å². The van der Waals surface area contributed by atoms with Crippen molar-refractivity contribution in [2.24, 2.45) is 0 Å². The molecular formula is C21H18O2. The third kappa shape index (κ3) is 2.31. The van der Waals surface area contributed by atoms with E-state index in [0.717, 1.165) is 6.42 Å². The van der Waals surface area contributed by atoms with E-state index in [2.05, 4.69) is 60.7 Å². The number of esters is 1. The maximum Gasteiger partial charge on any atom is 0.305 e. The molecule has 2 nitrogen and oxygen atoms in total. The number of rotatable bonds is 3. The van der Waals surface area contributed by atoms with Crippen LogP contribution in [0.3, 0.4) is 0 Å². The number of benzene rings is 3. The van der Waals surface area contributed by atoms with Gasteiger partial charge in [-0.3, -0.25) is 4.79 Å². The van der Waals surface area contributed by atoms with Crippen molar-refractivity contribution in [3.05, 3.63) is 71.8 Å². The number of carbonyl (C=O) groups is 1. The summed E-state index contributed by atoms with van der Waals surface area (Å²) in [5.74, 6) is 0.127. The van der Waals surface area contributed by atoms with Crippen molar-refractivity contribution < 1.29 is 9.53 Å². The molecule has 0 saturated carbocycles. The van der Waals surface area contributed by atoms with Crippen molar-refractivity contribution in [2.75, 3.05) is 7.11 Å². The fourth-order valence-corrected chi connectivity index (χ4v) is 3.67. The van der Waals surface area contributed by atoms with Crippen molar-refractivity contribution in [3.8, 4) is 11.1 Å². The number of fused-ring (bicyclic) bond motifs is 4. The Balaban J connectivity index is 1.85. The minimum atomic E-state index is -0.142. The van der Waals surface area contributed by atoms with Crippen LogP contribution in [0.4, 0.5) is 0 Å². The number of ether oxygens (including phenoxy) is 1.